The number of methoxy groups -OCH3 is 2. The molecule has 1 amide bonds. The highest BCUT2D eigenvalue weighted by Gasteiger charge is 2.34. The molecule has 1 saturated carbocycles. The van der Waals surface area contributed by atoms with Crippen molar-refractivity contribution in [1.29, 1.82) is 0 Å². The number of hydrogen-bond acceptors (Lipinski definition) is 6. The minimum Gasteiger partial charge on any atom is -0.481 e. The SMILES string of the molecule is COc1cc(OC)nc(NCC2CCC(c3cc(C(F)(F)F)cc(C(N)=O)c3Cl)CC2)n1. The van der Waals surface area contributed by atoms with Gasteiger partial charge in [0.1, 0.15) is 0 Å². The van der Waals surface area contributed by atoms with Gasteiger partial charge in [0.15, 0.2) is 0 Å². The molecule has 3 N–H and O–H groups in total. The molecular weight excluding hydrogens is 449 g/mol. The van der Waals surface area contributed by atoms with E-state index in [2.05, 4.69) is 15.3 Å². The fraction of sp³-hybridized carbons (Fsp3) is 0.476. The van der Waals surface area contributed by atoms with Crippen LogP contribution in [0.15, 0.2) is 18.2 Å². The molecule has 1 fully saturated rings. The van der Waals surface area contributed by atoms with E-state index in [1.807, 2.05) is 0 Å². The van der Waals surface area contributed by atoms with Crippen molar-refractivity contribution < 1.29 is 27.4 Å². The van der Waals surface area contributed by atoms with Crippen molar-refractivity contribution in [2.75, 3.05) is 26.1 Å². The maximum Gasteiger partial charge on any atom is 0.416 e. The first-order chi connectivity index (χ1) is 15.1. The number of benzene rings is 1. The van der Waals surface area contributed by atoms with E-state index in [0.717, 1.165) is 18.9 Å². The van der Waals surface area contributed by atoms with Gasteiger partial charge in [0.2, 0.25) is 23.6 Å². The summed E-state index contributed by atoms with van der Waals surface area (Å²) in [6.07, 6.45) is -1.81. The van der Waals surface area contributed by atoms with Crippen LogP contribution in [0, 0.1) is 5.92 Å². The van der Waals surface area contributed by atoms with Crippen LogP contribution in [0.2, 0.25) is 5.02 Å². The van der Waals surface area contributed by atoms with Crippen LogP contribution in [0.4, 0.5) is 19.1 Å². The highest BCUT2D eigenvalue weighted by Crippen LogP contribution is 2.42. The van der Waals surface area contributed by atoms with E-state index in [-0.39, 0.29) is 22.4 Å². The molecule has 174 valence electrons. The van der Waals surface area contributed by atoms with Gasteiger partial charge in [-0.3, -0.25) is 4.79 Å². The van der Waals surface area contributed by atoms with Gasteiger partial charge in [0, 0.05) is 6.54 Å². The number of rotatable bonds is 7. The Morgan fingerprint density at radius 1 is 1.12 bits per heavy atom. The van der Waals surface area contributed by atoms with Gasteiger partial charge in [0.25, 0.3) is 0 Å². The molecule has 0 aliphatic heterocycles. The van der Waals surface area contributed by atoms with Crippen LogP contribution in [0.1, 0.15) is 53.1 Å². The number of aromatic nitrogens is 2. The zero-order valence-electron chi connectivity index (χ0n) is 17.6. The van der Waals surface area contributed by atoms with Gasteiger partial charge in [-0.15, -0.1) is 0 Å². The van der Waals surface area contributed by atoms with Crippen LogP contribution in [-0.4, -0.2) is 36.6 Å². The molecule has 0 unspecified atom stereocenters. The second-order valence-corrected chi connectivity index (χ2v) is 8.04. The third-order valence-corrected chi connectivity index (χ3v) is 6.05. The van der Waals surface area contributed by atoms with Crippen molar-refractivity contribution in [1.82, 2.24) is 9.97 Å². The molecule has 0 spiro atoms. The lowest BCUT2D eigenvalue weighted by Crippen LogP contribution is -2.22. The Bertz CT molecular complexity index is 957. The normalized spacial score (nSPS) is 18.8. The zero-order chi connectivity index (χ0) is 23.5. The van der Waals surface area contributed by atoms with Crippen molar-refractivity contribution in [2.45, 2.75) is 37.8 Å². The molecule has 0 saturated heterocycles. The van der Waals surface area contributed by atoms with E-state index in [1.54, 1.807) is 6.07 Å². The van der Waals surface area contributed by atoms with E-state index < -0.39 is 17.6 Å². The van der Waals surface area contributed by atoms with Crippen molar-refractivity contribution in [2.24, 2.45) is 11.7 Å². The molecule has 32 heavy (non-hydrogen) atoms. The minimum atomic E-state index is -4.59. The smallest absolute Gasteiger partial charge is 0.416 e. The van der Waals surface area contributed by atoms with Gasteiger partial charge >= 0.3 is 6.18 Å². The maximum atomic E-state index is 13.3. The van der Waals surface area contributed by atoms with Gasteiger partial charge in [-0.05, 0) is 55.2 Å². The fourth-order valence-corrected chi connectivity index (χ4v) is 4.25. The van der Waals surface area contributed by atoms with Crippen LogP contribution in [0.25, 0.3) is 0 Å². The lowest BCUT2D eigenvalue weighted by atomic mass is 9.78. The van der Waals surface area contributed by atoms with Gasteiger partial charge in [0.05, 0.1) is 36.4 Å². The fourth-order valence-electron chi connectivity index (χ4n) is 3.89. The Balaban J connectivity index is 1.68. The molecule has 1 aliphatic carbocycles. The Kier molecular flexibility index (Phi) is 7.33. The summed E-state index contributed by atoms with van der Waals surface area (Å²) in [5.74, 6) is 0.212. The second-order valence-electron chi connectivity index (χ2n) is 7.66. The number of halogens is 4. The predicted octanol–water partition coefficient (Wildman–Crippen LogP) is 4.65. The summed E-state index contributed by atoms with van der Waals surface area (Å²) in [6, 6.07) is 3.32. The number of nitrogens with one attached hydrogen (secondary N) is 1. The molecule has 7 nitrogen and oxygen atoms in total. The molecular formula is C21H24ClF3N4O3. The third-order valence-electron chi connectivity index (χ3n) is 5.63. The number of amides is 1. The average molecular weight is 473 g/mol. The molecule has 0 atom stereocenters. The Labute approximate surface area is 188 Å². The molecule has 0 bridgehead atoms. The van der Waals surface area contributed by atoms with Gasteiger partial charge in [-0.1, -0.05) is 11.6 Å². The number of anilines is 1. The van der Waals surface area contributed by atoms with Gasteiger partial charge in [-0.25, -0.2) is 0 Å². The summed E-state index contributed by atoms with van der Waals surface area (Å²) in [5.41, 5.74) is 4.36. The van der Waals surface area contributed by atoms with Crippen molar-refractivity contribution in [3.8, 4) is 11.8 Å². The monoisotopic (exact) mass is 472 g/mol. The quantitative estimate of drug-likeness (QED) is 0.608. The second kappa shape index (κ2) is 9.81. The summed E-state index contributed by atoms with van der Waals surface area (Å²) in [7, 11) is 2.99. The third kappa shape index (κ3) is 5.53. The molecule has 1 aromatic heterocycles. The Hall–Kier alpha value is -2.75. The number of carbonyl (C=O) groups excluding carboxylic acids is 1. The molecule has 2 aromatic rings. The summed E-state index contributed by atoms with van der Waals surface area (Å²) < 4.78 is 50.2. The zero-order valence-corrected chi connectivity index (χ0v) is 18.4. The van der Waals surface area contributed by atoms with E-state index in [9.17, 15) is 18.0 Å². The number of carbonyl (C=O) groups is 1. The lowest BCUT2D eigenvalue weighted by Gasteiger charge is -2.30. The molecule has 0 radical (unpaired) electrons. The van der Waals surface area contributed by atoms with E-state index >= 15 is 0 Å². The standard InChI is InChI=1S/C21H24ClF3N4O3/c1-31-16-9-17(32-2)29-20(28-16)27-10-11-3-5-12(6-4-11)14-7-13(21(23,24)25)8-15(18(14)22)19(26)30/h7-9,11-12H,3-6,10H2,1-2H3,(H2,26,30)(H,27,28,29). The van der Waals surface area contributed by atoms with E-state index in [0.29, 0.717) is 48.7 Å². The highest BCUT2D eigenvalue weighted by atomic mass is 35.5. The summed E-state index contributed by atoms with van der Waals surface area (Å²) >= 11 is 6.27. The number of primary amides is 1. The van der Waals surface area contributed by atoms with E-state index in [1.165, 1.54) is 14.2 Å². The molecule has 3 rings (SSSR count). The van der Waals surface area contributed by atoms with Crippen LogP contribution in [0.3, 0.4) is 0 Å². The summed E-state index contributed by atoms with van der Waals surface area (Å²) in [6.45, 7) is 0.589. The van der Waals surface area contributed by atoms with E-state index in [4.69, 9.17) is 26.8 Å². The lowest BCUT2D eigenvalue weighted by molar-refractivity contribution is -0.137. The highest BCUT2D eigenvalue weighted by molar-refractivity contribution is 6.34. The summed E-state index contributed by atoms with van der Waals surface area (Å²) in [5, 5.41) is 3.17. The Morgan fingerprint density at radius 2 is 1.72 bits per heavy atom. The predicted molar refractivity (Wildman–Crippen MR) is 113 cm³/mol. The van der Waals surface area contributed by atoms with Gasteiger partial charge < -0.3 is 20.5 Å². The first-order valence-electron chi connectivity index (χ1n) is 10.0. The van der Waals surface area contributed by atoms with Crippen LogP contribution < -0.4 is 20.5 Å². The number of alkyl halides is 3. The number of nitrogens with zero attached hydrogens (tertiary/aromatic N) is 2. The van der Waals surface area contributed by atoms with Crippen LogP contribution in [-0.2, 0) is 6.18 Å². The first kappa shape index (κ1) is 23.9. The van der Waals surface area contributed by atoms with Crippen molar-refractivity contribution in [3.63, 3.8) is 0 Å². The first-order valence-corrected chi connectivity index (χ1v) is 10.4. The topological polar surface area (TPSA) is 99.4 Å². The van der Waals surface area contributed by atoms with Gasteiger partial charge in [-0.2, -0.15) is 23.1 Å². The molecule has 1 aliphatic rings. The van der Waals surface area contributed by atoms with Crippen molar-refractivity contribution >= 4 is 23.5 Å². The largest absolute Gasteiger partial charge is 0.481 e. The number of nitrogens with two attached hydrogens (primary N) is 1. The molecule has 1 heterocycles. The average Bonchev–Trinajstić information content (AvgIpc) is 2.77. The number of ether oxygens (including phenoxy) is 2. The van der Waals surface area contributed by atoms with Crippen LogP contribution in [0.5, 0.6) is 11.8 Å². The van der Waals surface area contributed by atoms with Crippen molar-refractivity contribution in [3.05, 3.63) is 39.9 Å². The van der Waals surface area contributed by atoms with Crippen LogP contribution >= 0.6 is 11.6 Å². The molecule has 1 aromatic carbocycles. The summed E-state index contributed by atoms with van der Waals surface area (Å²) in [4.78, 5) is 20.1. The number of hydrogen-bond donors (Lipinski definition) is 2. The Morgan fingerprint density at radius 3 is 2.22 bits per heavy atom. The minimum absolute atomic E-state index is 0.00366. The molecule has 11 heteroatoms. The maximum absolute atomic E-state index is 13.3.